The Kier molecular flexibility index (Phi) is 3.69. The number of thiazole rings is 1. The van der Waals surface area contributed by atoms with Gasteiger partial charge in [-0.3, -0.25) is 0 Å². The minimum Gasteiger partial charge on any atom is -0.478 e. The van der Waals surface area contributed by atoms with Crippen molar-refractivity contribution in [2.45, 2.75) is 6.54 Å². The van der Waals surface area contributed by atoms with Crippen molar-refractivity contribution in [3.8, 4) is 0 Å². The standard InChI is InChI=1S/C11H10ClN3O2S/c12-9-2-6(13)1-8(11(16)17)10(9)14-3-7-4-18-5-15-7/h1-2,4-5,14H,3,13H2,(H,16,17). The molecule has 0 aliphatic carbocycles. The van der Waals surface area contributed by atoms with Gasteiger partial charge < -0.3 is 16.2 Å². The highest BCUT2D eigenvalue weighted by Crippen LogP contribution is 2.29. The lowest BCUT2D eigenvalue weighted by atomic mass is 10.1. The highest BCUT2D eigenvalue weighted by Gasteiger charge is 2.14. The number of carboxylic acids is 1. The average molecular weight is 284 g/mol. The molecule has 5 nitrogen and oxygen atoms in total. The van der Waals surface area contributed by atoms with Crippen molar-refractivity contribution in [3.63, 3.8) is 0 Å². The monoisotopic (exact) mass is 283 g/mol. The van der Waals surface area contributed by atoms with Crippen LogP contribution >= 0.6 is 22.9 Å². The Labute approximate surface area is 112 Å². The van der Waals surface area contributed by atoms with Gasteiger partial charge in [0, 0.05) is 11.1 Å². The summed E-state index contributed by atoms with van der Waals surface area (Å²) in [5.41, 5.74) is 8.82. The van der Waals surface area contributed by atoms with Crippen molar-refractivity contribution < 1.29 is 9.90 Å². The number of carboxylic acid groups (broad SMARTS) is 1. The van der Waals surface area contributed by atoms with Crippen molar-refractivity contribution in [2.24, 2.45) is 0 Å². The zero-order valence-corrected chi connectivity index (χ0v) is 10.8. The molecule has 0 amide bonds. The van der Waals surface area contributed by atoms with E-state index in [0.717, 1.165) is 5.69 Å². The van der Waals surface area contributed by atoms with E-state index in [1.54, 1.807) is 5.51 Å². The van der Waals surface area contributed by atoms with Gasteiger partial charge in [0.15, 0.2) is 0 Å². The van der Waals surface area contributed by atoms with Crippen LogP contribution in [-0.4, -0.2) is 16.1 Å². The first-order chi connectivity index (χ1) is 8.58. The Morgan fingerprint density at radius 1 is 1.56 bits per heavy atom. The average Bonchev–Trinajstić information content (AvgIpc) is 2.79. The van der Waals surface area contributed by atoms with Crippen molar-refractivity contribution in [2.75, 3.05) is 11.1 Å². The number of anilines is 2. The number of nitrogens with zero attached hydrogens (tertiary/aromatic N) is 1. The zero-order chi connectivity index (χ0) is 13.1. The van der Waals surface area contributed by atoms with Crippen molar-refractivity contribution in [3.05, 3.63) is 39.3 Å². The van der Waals surface area contributed by atoms with Crippen LogP contribution in [0.3, 0.4) is 0 Å². The van der Waals surface area contributed by atoms with Crippen LogP contribution in [0.1, 0.15) is 16.1 Å². The number of nitrogens with one attached hydrogen (secondary N) is 1. The van der Waals surface area contributed by atoms with Crippen LogP contribution in [-0.2, 0) is 6.54 Å². The second kappa shape index (κ2) is 5.24. The first kappa shape index (κ1) is 12.7. The van der Waals surface area contributed by atoms with E-state index < -0.39 is 5.97 Å². The van der Waals surface area contributed by atoms with E-state index in [0.29, 0.717) is 17.9 Å². The molecular formula is C11H10ClN3O2S. The minimum atomic E-state index is -1.08. The molecular weight excluding hydrogens is 274 g/mol. The van der Waals surface area contributed by atoms with Crippen molar-refractivity contribution in [1.82, 2.24) is 4.98 Å². The second-order valence-corrected chi connectivity index (χ2v) is 4.69. The van der Waals surface area contributed by atoms with Crippen LogP contribution in [0.2, 0.25) is 5.02 Å². The predicted molar refractivity (Wildman–Crippen MR) is 72.3 cm³/mol. The lowest BCUT2D eigenvalue weighted by Gasteiger charge is -2.11. The number of hydrogen-bond donors (Lipinski definition) is 3. The zero-order valence-electron chi connectivity index (χ0n) is 9.18. The third-order valence-electron chi connectivity index (χ3n) is 2.27. The van der Waals surface area contributed by atoms with Gasteiger partial charge in [-0.15, -0.1) is 11.3 Å². The molecule has 1 heterocycles. The first-order valence-electron chi connectivity index (χ1n) is 5.01. The van der Waals surface area contributed by atoms with E-state index in [1.807, 2.05) is 5.38 Å². The van der Waals surface area contributed by atoms with Gasteiger partial charge in [0.05, 0.1) is 34.0 Å². The van der Waals surface area contributed by atoms with Gasteiger partial charge in [0.1, 0.15) is 0 Å². The fourth-order valence-corrected chi connectivity index (χ4v) is 2.33. The number of rotatable bonds is 4. The summed E-state index contributed by atoms with van der Waals surface area (Å²) in [6.45, 7) is 0.410. The molecule has 1 aromatic heterocycles. The number of aromatic carboxylic acids is 1. The number of nitrogens with two attached hydrogens (primary N) is 1. The SMILES string of the molecule is Nc1cc(Cl)c(NCc2cscn2)c(C(=O)O)c1. The number of aromatic nitrogens is 1. The fourth-order valence-electron chi connectivity index (χ4n) is 1.48. The number of hydrogen-bond acceptors (Lipinski definition) is 5. The largest absolute Gasteiger partial charge is 0.478 e. The summed E-state index contributed by atoms with van der Waals surface area (Å²) in [7, 11) is 0. The predicted octanol–water partition coefficient (Wildman–Crippen LogP) is 2.69. The van der Waals surface area contributed by atoms with Crippen molar-refractivity contribution in [1.29, 1.82) is 0 Å². The van der Waals surface area contributed by atoms with Gasteiger partial charge >= 0.3 is 5.97 Å². The van der Waals surface area contributed by atoms with E-state index >= 15 is 0 Å². The number of carbonyl (C=O) groups is 1. The Balaban J connectivity index is 2.28. The summed E-state index contributed by atoms with van der Waals surface area (Å²) in [6, 6.07) is 2.88. The van der Waals surface area contributed by atoms with E-state index in [4.69, 9.17) is 22.4 Å². The molecule has 0 saturated carbocycles. The molecule has 1 aromatic carbocycles. The quantitative estimate of drug-likeness (QED) is 0.751. The molecule has 0 radical (unpaired) electrons. The van der Waals surface area contributed by atoms with Crippen LogP contribution in [0, 0.1) is 0 Å². The molecule has 94 valence electrons. The molecule has 0 atom stereocenters. The molecule has 0 fully saturated rings. The van der Waals surface area contributed by atoms with Gasteiger partial charge in [-0.1, -0.05) is 11.6 Å². The Morgan fingerprint density at radius 2 is 2.33 bits per heavy atom. The van der Waals surface area contributed by atoms with Crippen LogP contribution in [0.5, 0.6) is 0 Å². The van der Waals surface area contributed by atoms with E-state index in [-0.39, 0.29) is 10.6 Å². The van der Waals surface area contributed by atoms with Gasteiger partial charge in [-0.25, -0.2) is 9.78 Å². The molecule has 0 bridgehead atoms. The Bertz CT molecular complexity index is 572. The summed E-state index contributed by atoms with van der Waals surface area (Å²) in [6.07, 6.45) is 0. The first-order valence-corrected chi connectivity index (χ1v) is 6.33. The van der Waals surface area contributed by atoms with E-state index in [9.17, 15) is 4.79 Å². The fraction of sp³-hybridized carbons (Fsp3) is 0.0909. The molecule has 0 aliphatic rings. The molecule has 0 unspecified atom stereocenters. The maximum absolute atomic E-state index is 11.1. The van der Waals surface area contributed by atoms with Crippen LogP contribution in [0.4, 0.5) is 11.4 Å². The minimum absolute atomic E-state index is 0.0511. The normalized spacial score (nSPS) is 10.3. The van der Waals surface area contributed by atoms with Crippen LogP contribution in [0.15, 0.2) is 23.0 Å². The van der Waals surface area contributed by atoms with Crippen molar-refractivity contribution >= 4 is 40.3 Å². The smallest absolute Gasteiger partial charge is 0.337 e. The molecule has 0 aliphatic heterocycles. The second-order valence-electron chi connectivity index (χ2n) is 3.56. The van der Waals surface area contributed by atoms with Gasteiger partial charge in [-0.2, -0.15) is 0 Å². The van der Waals surface area contributed by atoms with Gasteiger partial charge in [-0.05, 0) is 12.1 Å². The lowest BCUT2D eigenvalue weighted by molar-refractivity contribution is 0.0698. The molecule has 18 heavy (non-hydrogen) atoms. The van der Waals surface area contributed by atoms with E-state index in [2.05, 4.69) is 10.3 Å². The molecule has 2 aromatic rings. The maximum atomic E-state index is 11.1. The number of nitrogen functional groups attached to an aromatic ring is 1. The van der Waals surface area contributed by atoms with Crippen LogP contribution in [0.25, 0.3) is 0 Å². The summed E-state index contributed by atoms with van der Waals surface area (Å²) in [5.74, 6) is -1.08. The molecule has 4 N–H and O–H groups in total. The third kappa shape index (κ3) is 2.72. The molecule has 7 heteroatoms. The highest BCUT2D eigenvalue weighted by atomic mass is 35.5. The molecule has 0 saturated heterocycles. The summed E-state index contributed by atoms with van der Waals surface area (Å²) >= 11 is 7.47. The third-order valence-corrected chi connectivity index (χ3v) is 3.21. The Hall–Kier alpha value is -1.79. The highest BCUT2D eigenvalue weighted by molar-refractivity contribution is 7.07. The summed E-state index contributed by atoms with van der Waals surface area (Å²) in [4.78, 5) is 15.2. The van der Waals surface area contributed by atoms with Gasteiger partial charge in [0.25, 0.3) is 0 Å². The topological polar surface area (TPSA) is 88.2 Å². The lowest BCUT2D eigenvalue weighted by Crippen LogP contribution is -2.08. The summed E-state index contributed by atoms with van der Waals surface area (Å²) < 4.78 is 0. The molecule has 0 spiro atoms. The Morgan fingerprint density at radius 3 is 2.94 bits per heavy atom. The van der Waals surface area contributed by atoms with Gasteiger partial charge in [0.2, 0.25) is 0 Å². The number of halogens is 1. The molecule has 2 rings (SSSR count). The number of benzene rings is 1. The van der Waals surface area contributed by atoms with Crippen LogP contribution < -0.4 is 11.1 Å². The van der Waals surface area contributed by atoms with E-state index in [1.165, 1.54) is 23.5 Å². The maximum Gasteiger partial charge on any atom is 0.337 e. The summed E-state index contributed by atoms with van der Waals surface area (Å²) in [5, 5.41) is 14.2.